The zero-order valence-electron chi connectivity index (χ0n) is 10.8. The Bertz CT molecular complexity index is 203. The molecule has 0 unspecified atom stereocenters. The second kappa shape index (κ2) is 9.08. The van der Waals surface area contributed by atoms with Gasteiger partial charge in [0.15, 0.2) is 0 Å². The molecule has 0 N–H and O–H groups in total. The molecule has 0 aromatic heterocycles. The summed E-state index contributed by atoms with van der Waals surface area (Å²) in [6.45, 7) is 11.0. The van der Waals surface area contributed by atoms with Crippen LogP contribution in [-0.4, -0.2) is 12.0 Å². The summed E-state index contributed by atoms with van der Waals surface area (Å²) in [5.74, 6) is 1.93. The van der Waals surface area contributed by atoms with Crippen LogP contribution in [0.2, 0.25) is 0 Å². The summed E-state index contributed by atoms with van der Waals surface area (Å²) >= 11 is 1.90. The lowest BCUT2D eigenvalue weighted by molar-refractivity contribution is 0.524. The van der Waals surface area contributed by atoms with Crippen molar-refractivity contribution in [3.63, 3.8) is 0 Å². The lowest BCUT2D eigenvalue weighted by Gasteiger charge is -2.11. The molecule has 15 heavy (non-hydrogen) atoms. The van der Waals surface area contributed by atoms with Crippen molar-refractivity contribution >= 4 is 11.8 Å². The lowest BCUT2D eigenvalue weighted by atomic mass is 9.96. The van der Waals surface area contributed by atoms with Crippen molar-refractivity contribution in [3.8, 4) is 0 Å². The van der Waals surface area contributed by atoms with E-state index in [0.29, 0.717) is 0 Å². The normalized spacial score (nSPS) is 14.0. The van der Waals surface area contributed by atoms with Crippen molar-refractivity contribution < 1.29 is 0 Å². The zero-order chi connectivity index (χ0) is 11.7. The molecule has 0 aliphatic rings. The standard InChI is InChI=1S/C14H26S/c1-6-8-12(3)9-13(4)10-14(7-2)11-15-5/h10,12H,4,6-9,11H2,1-3,5H3/b14-10+/t12-/m1/s1. The van der Waals surface area contributed by atoms with E-state index in [1.165, 1.54) is 24.0 Å². The molecule has 0 saturated carbocycles. The summed E-state index contributed by atoms with van der Waals surface area (Å²) in [6, 6.07) is 0. The van der Waals surface area contributed by atoms with Crippen molar-refractivity contribution in [1.29, 1.82) is 0 Å². The summed E-state index contributed by atoms with van der Waals surface area (Å²) in [7, 11) is 0. The second-order valence-corrected chi connectivity index (χ2v) is 5.21. The molecule has 0 nitrogen and oxygen atoms in total. The van der Waals surface area contributed by atoms with Crippen LogP contribution in [0.1, 0.15) is 46.5 Å². The van der Waals surface area contributed by atoms with Gasteiger partial charge in [0.2, 0.25) is 0 Å². The predicted octanol–water partition coefficient (Wildman–Crippen LogP) is 5.07. The molecule has 0 rings (SSSR count). The van der Waals surface area contributed by atoms with Crippen LogP contribution < -0.4 is 0 Å². The number of hydrogen-bond donors (Lipinski definition) is 0. The van der Waals surface area contributed by atoms with Gasteiger partial charge in [0.1, 0.15) is 0 Å². The number of allylic oxidation sites excluding steroid dienone is 2. The molecular weight excluding hydrogens is 200 g/mol. The van der Waals surface area contributed by atoms with Gasteiger partial charge >= 0.3 is 0 Å². The van der Waals surface area contributed by atoms with Crippen molar-refractivity contribution in [2.45, 2.75) is 46.5 Å². The highest BCUT2D eigenvalue weighted by molar-refractivity contribution is 7.98. The van der Waals surface area contributed by atoms with Crippen LogP contribution in [0.25, 0.3) is 0 Å². The van der Waals surface area contributed by atoms with Gasteiger partial charge < -0.3 is 0 Å². The molecule has 0 amide bonds. The van der Waals surface area contributed by atoms with Gasteiger partial charge in [-0.25, -0.2) is 0 Å². The minimum Gasteiger partial charge on any atom is -0.161 e. The van der Waals surface area contributed by atoms with Crippen LogP contribution in [0, 0.1) is 5.92 Å². The minimum atomic E-state index is 0.783. The first-order valence-corrected chi connectivity index (χ1v) is 7.39. The van der Waals surface area contributed by atoms with E-state index in [9.17, 15) is 0 Å². The molecular formula is C14H26S. The highest BCUT2D eigenvalue weighted by Gasteiger charge is 2.02. The third kappa shape index (κ3) is 7.72. The molecule has 0 fully saturated rings. The van der Waals surface area contributed by atoms with Gasteiger partial charge in [-0.15, -0.1) is 0 Å². The van der Waals surface area contributed by atoms with Crippen molar-refractivity contribution in [3.05, 3.63) is 23.8 Å². The van der Waals surface area contributed by atoms with Gasteiger partial charge in [-0.3, -0.25) is 0 Å². The molecule has 0 spiro atoms. The van der Waals surface area contributed by atoms with Gasteiger partial charge in [0.25, 0.3) is 0 Å². The molecule has 88 valence electrons. The molecule has 0 aliphatic heterocycles. The molecule has 0 radical (unpaired) electrons. The SMILES string of the molecule is C=C(/C=C(\CC)CSC)C[C@H](C)CCC. The molecule has 1 atom stereocenters. The maximum absolute atomic E-state index is 4.16. The Kier molecular flexibility index (Phi) is 8.98. The van der Waals surface area contributed by atoms with Crippen molar-refractivity contribution in [2.24, 2.45) is 5.92 Å². The smallest absolute Gasteiger partial charge is 0.0143 e. The average Bonchev–Trinajstić information content (AvgIpc) is 2.17. The van der Waals surface area contributed by atoms with E-state index in [1.807, 2.05) is 11.8 Å². The molecule has 0 saturated heterocycles. The minimum absolute atomic E-state index is 0.783. The van der Waals surface area contributed by atoms with Crippen LogP contribution in [0.15, 0.2) is 23.8 Å². The molecule has 0 aromatic carbocycles. The number of hydrogen-bond acceptors (Lipinski definition) is 1. The highest BCUT2D eigenvalue weighted by Crippen LogP contribution is 2.19. The second-order valence-electron chi connectivity index (χ2n) is 4.35. The van der Waals surface area contributed by atoms with E-state index in [2.05, 4.69) is 39.7 Å². The quantitative estimate of drug-likeness (QED) is 0.521. The van der Waals surface area contributed by atoms with Crippen LogP contribution >= 0.6 is 11.8 Å². The summed E-state index contributed by atoms with van der Waals surface area (Å²) < 4.78 is 0. The van der Waals surface area contributed by atoms with Crippen LogP contribution in [0.5, 0.6) is 0 Å². The van der Waals surface area contributed by atoms with Gasteiger partial charge in [0, 0.05) is 5.75 Å². The Morgan fingerprint density at radius 3 is 2.53 bits per heavy atom. The Balaban J connectivity index is 4.08. The van der Waals surface area contributed by atoms with Gasteiger partial charge in [-0.2, -0.15) is 11.8 Å². The Morgan fingerprint density at radius 1 is 1.40 bits per heavy atom. The molecule has 1 heteroatoms. The first-order valence-electron chi connectivity index (χ1n) is 6.00. The Labute approximate surface area is 100 Å². The maximum atomic E-state index is 4.16. The largest absolute Gasteiger partial charge is 0.161 e. The molecule has 0 aliphatic carbocycles. The third-order valence-corrected chi connectivity index (χ3v) is 3.24. The van der Waals surface area contributed by atoms with Gasteiger partial charge in [-0.1, -0.05) is 57.4 Å². The maximum Gasteiger partial charge on any atom is 0.0143 e. The Morgan fingerprint density at radius 2 is 2.07 bits per heavy atom. The molecule has 0 bridgehead atoms. The molecule has 0 heterocycles. The first kappa shape index (κ1) is 14.8. The van der Waals surface area contributed by atoms with E-state index in [4.69, 9.17) is 0 Å². The van der Waals surface area contributed by atoms with Crippen LogP contribution in [0.3, 0.4) is 0 Å². The summed E-state index contributed by atoms with van der Waals surface area (Å²) in [5.41, 5.74) is 2.83. The Hall–Kier alpha value is -0.170. The van der Waals surface area contributed by atoms with E-state index < -0.39 is 0 Å². The fraction of sp³-hybridized carbons (Fsp3) is 0.714. The van der Waals surface area contributed by atoms with Crippen molar-refractivity contribution in [1.82, 2.24) is 0 Å². The van der Waals surface area contributed by atoms with Crippen molar-refractivity contribution in [2.75, 3.05) is 12.0 Å². The summed E-state index contributed by atoms with van der Waals surface area (Å²) in [6.07, 6.45) is 9.38. The summed E-state index contributed by atoms with van der Waals surface area (Å²) in [4.78, 5) is 0. The average molecular weight is 226 g/mol. The lowest BCUT2D eigenvalue weighted by Crippen LogP contribution is -1.96. The monoisotopic (exact) mass is 226 g/mol. The van der Waals surface area contributed by atoms with E-state index >= 15 is 0 Å². The third-order valence-electron chi connectivity index (χ3n) is 2.58. The number of thioether (sulfide) groups is 1. The fourth-order valence-electron chi connectivity index (χ4n) is 1.82. The van der Waals surface area contributed by atoms with Crippen LogP contribution in [0.4, 0.5) is 0 Å². The topological polar surface area (TPSA) is 0 Å². The van der Waals surface area contributed by atoms with E-state index in [1.54, 1.807) is 0 Å². The van der Waals surface area contributed by atoms with Gasteiger partial charge in [-0.05, 0) is 25.0 Å². The fourth-order valence-corrected chi connectivity index (χ4v) is 2.48. The zero-order valence-corrected chi connectivity index (χ0v) is 11.6. The summed E-state index contributed by atoms with van der Waals surface area (Å²) in [5, 5.41) is 0. The first-order chi connectivity index (χ1) is 7.13. The predicted molar refractivity (Wildman–Crippen MR) is 74.6 cm³/mol. The van der Waals surface area contributed by atoms with Crippen LogP contribution in [-0.2, 0) is 0 Å². The van der Waals surface area contributed by atoms with E-state index in [-0.39, 0.29) is 0 Å². The number of rotatable bonds is 8. The molecule has 0 aromatic rings. The highest BCUT2D eigenvalue weighted by atomic mass is 32.2. The van der Waals surface area contributed by atoms with Gasteiger partial charge in [0.05, 0.1) is 0 Å². The van der Waals surface area contributed by atoms with E-state index in [0.717, 1.165) is 24.5 Å².